The van der Waals surface area contributed by atoms with Crippen LogP contribution < -0.4 is 5.32 Å². The number of nitrogens with one attached hydrogen (secondary N) is 1. The first-order valence-corrected chi connectivity index (χ1v) is 6.46. The number of aromatic nitrogens is 1. The molecule has 0 saturated heterocycles. The number of carbonyl (C=O) groups is 2. The van der Waals surface area contributed by atoms with Crippen LogP contribution in [-0.4, -0.2) is 16.7 Å². The van der Waals surface area contributed by atoms with Crippen LogP contribution in [0.1, 0.15) is 27.6 Å². The van der Waals surface area contributed by atoms with Crippen LogP contribution in [0, 0.1) is 0 Å². The second kappa shape index (κ2) is 6.03. The number of pyridine rings is 1. The number of benzene rings is 1. The van der Waals surface area contributed by atoms with Gasteiger partial charge in [-0.15, -0.1) is 0 Å². The van der Waals surface area contributed by atoms with Gasteiger partial charge in [0.2, 0.25) is 0 Å². The van der Waals surface area contributed by atoms with E-state index in [0.29, 0.717) is 16.3 Å². The number of rotatable bonds is 3. The van der Waals surface area contributed by atoms with Crippen molar-refractivity contribution in [3.05, 3.63) is 57.8 Å². The van der Waals surface area contributed by atoms with Crippen molar-refractivity contribution in [2.24, 2.45) is 0 Å². The predicted molar refractivity (Wildman–Crippen MR) is 78.7 cm³/mol. The lowest BCUT2D eigenvalue weighted by atomic mass is 10.1. The van der Waals surface area contributed by atoms with Gasteiger partial charge in [-0.05, 0) is 25.1 Å². The van der Waals surface area contributed by atoms with Crippen LogP contribution >= 0.6 is 23.2 Å². The van der Waals surface area contributed by atoms with Crippen molar-refractivity contribution < 1.29 is 9.59 Å². The van der Waals surface area contributed by atoms with E-state index in [-0.39, 0.29) is 16.4 Å². The summed E-state index contributed by atoms with van der Waals surface area (Å²) in [7, 11) is 0. The molecule has 102 valence electrons. The van der Waals surface area contributed by atoms with E-state index in [9.17, 15) is 9.59 Å². The summed E-state index contributed by atoms with van der Waals surface area (Å²) in [5.74, 6) is -0.628. The normalized spacial score (nSPS) is 10.2. The van der Waals surface area contributed by atoms with E-state index in [1.165, 1.54) is 19.3 Å². The molecule has 1 amide bonds. The van der Waals surface area contributed by atoms with Gasteiger partial charge in [-0.3, -0.25) is 14.6 Å². The summed E-state index contributed by atoms with van der Waals surface area (Å²) in [6.45, 7) is 1.40. The van der Waals surface area contributed by atoms with Crippen molar-refractivity contribution in [1.82, 2.24) is 4.98 Å². The van der Waals surface area contributed by atoms with Gasteiger partial charge in [0, 0.05) is 12.4 Å². The van der Waals surface area contributed by atoms with Crippen molar-refractivity contribution in [3.63, 3.8) is 0 Å². The van der Waals surface area contributed by atoms with Crippen LogP contribution in [0.25, 0.3) is 0 Å². The van der Waals surface area contributed by atoms with Crippen molar-refractivity contribution >= 4 is 40.6 Å². The summed E-state index contributed by atoms with van der Waals surface area (Å²) in [6.07, 6.45) is 2.89. The molecule has 0 radical (unpaired) electrons. The number of halogens is 2. The molecule has 0 spiro atoms. The van der Waals surface area contributed by atoms with Crippen molar-refractivity contribution in [2.45, 2.75) is 6.92 Å². The average molecular weight is 309 g/mol. The number of hydrogen-bond donors (Lipinski definition) is 1. The van der Waals surface area contributed by atoms with Crippen LogP contribution in [0.2, 0.25) is 10.0 Å². The summed E-state index contributed by atoms with van der Waals surface area (Å²) < 4.78 is 0. The van der Waals surface area contributed by atoms with Crippen LogP contribution in [0.15, 0.2) is 36.7 Å². The molecule has 0 aliphatic rings. The van der Waals surface area contributed by atoms with E-state index >= 15 is 0 Å². The maximum atomic E-state index is 12.2. The fraction of sp³-hybridized carbons (Fsp3) is 0.0714. The van der Waals surface area contributed by atoms with Crippen molar-refractivity contribution in [2.75, 3.05) is 5.32 Å². The summed E-state index contributed by atoms with van der Waals surface area (Å²) in [4.78, 5) is 27.5. The Morgan fingerprint density at radius 2 is 1.90 bits per heavy atom. The molecule has 0 bridgehead atoms. The molecule has 1 aromatic carbocycles. The average Bonchev–Trinajstić information content (AvgIpc) is 2.42. The topological polar surface area (TPSA) is 59.1 Å². The van der Waals surface area contributed by atoms with Gasteiger partial charge >= 0.3 is 0 Å². The first kappa shape index (κ1) is 14.5. The molecule has 0 unspecified atom stereocenters. The minimum atomic E-state index is -0.439. The predicted octanol–water partition coefficient (Wildman–Crippen LogP) is 3.84. The highest BCUT2D eigenvalue weighted by molar-refractivity contribution is 6.44. The Morgan fingerprint density at radius 1 is 1.15 bits per heavy atom. The van der Waals surface area contributed by atoms with Gasteiger partial charge in [-0.2, -0.15) is 0 Å². The molecule has 0 fully saturated rings. The Balaban J connectivity index is 2.33. The molecule has 1 N–H and O–H groups in total. The summed E-state index contributed by atoms with van der Waals surface area (Å²) in [6, 6.07) is 6.32. The summed E-state index contributed by atoms with van der Waals surface area (Å²) >= 11 is 11.9. The van der Waals surface area contributed by atoms with E-state index in [1.807, 2.05) is 0 Å². The van der Waals surface area contributed by atoms with Gasteiger partial charge < -0.3 is 5.32 Å². The third kappa shape index (κ3) is 2.98. The summed E-state index contributed by atoms with van der Waals surface area (Å²) in [5.41, 5.74) is 0.957. The molecule has 6 heteroatoms. The lowest BCUT2D eigenvalue weighted by molar-refractivity contribution is 0.101. The quantitative estimate of drug-likeness (QED) is 0.876. The third-order valence-electron chi connectivity index (χ3n) is 2.64. The van der Waals surface area contributed by atoms with E-state index in [4.69, 9.17) is 23.2 Å². The molecule has 2 aromatic rings. The minimum absolute atomic E-state index is 0.171. The van der Waals surface area contributed by atoms with Crippen LogP contribution in [0.4, 0.5) is 5.69 Å². The van der Waals surface area contributed by atoms with Gasteiger partial charge in [0.05, 0.1) is 26.9 Å². The molecular weight excluding hydrogens is 299 g/mol. The molecular formula is C14H10Cl2N2O2. The SMILES string of the molecule is CC(=O)c1cnccc1NC(=O)c1cccc(Cl)c1Cl. The lowest BCUT2D eigenvalue weighted by Crippen LogP contribution is -2.15. The summed E-state index contributed by atoms with van der Waals surface area (Å²) in [5, 5.41) is 3.10. The van der Waals surface area contributed by atoms with Crippen molar-refractivity contribution in [1.29, 1.82) is 0 Å². The molecule has 20 heavy (non-hydrogen) atoms. The molecule has 2 rings (SSSR count). The first-order valence-electron chi connectivity index (χ1n) is 5.71. The molecule has 1 aromatic heterocycles. The second-order valence-corrected chi connectivity index (χ2v) is 4.82. The van der Waals surface area contributed by atoms with E-state index < -0.39 is 5.91 Å². The fourth-order valence-electron chi connectivity index (χ4n) is 1.65. The van der Waals surface area contributed by atoms with Crippen molar-refractivity contribution in [3.8, 4) is 0 Å². The zero-order valence-corrected chi connectivity index (χ0v) is 12.0. The first-order chi connectivity index (χ1) is 9.50. The van der Waals surface area contributed by atoms with E-state index in [2.05, 4.69) is 10.3 Å². The zero-order chi connectivity index (χ0) is 14.7. The molecule has 0 aliphatic carbocycles. The Bertz CT molecular complexity index is 687. The number of hydrogen-bond acceptors (Lipinski definition) is 3. The Labute approximate surface area is 125 Å². The molecule has 0 atom stereocenters. The van der Waals surface area contributed by atoms with Crippen LogP contribution in [-0.2, 0) is 0 Å². The smallest absolute Gasteiger partial charge is 0.257 e. The van der Waals surface area contributed by atoms with E-state index in [0.717, 1.165) is 0 Å². The number of anilines is 1. The number of Topliss-reactive ketones (excluding diaryl/α,β-unsaturated/α-hetero) is 1. The van der Waals surface area contributed by atoms with Gasteiger partial charge in [0.15, 0.2) is 5.78 Å². The van der Waals surface area contributed by atoms with Gasteiger partial charge in [0.25, 0.3) is 5.91 Å². The number of carbonyl (C=O) groups excluding carboxylic acids is 2. The molecule has 0 aliphatic heterocycles. The minimum Gasteiger partial charge on any atom is -0.321 e. The van der Waals surface area contributed by atoms with Crippen LogP contribution in [0.3, 0.4) is 0 Å². The molecule has 1 heterocycles. The van der Waals surface area contributed by atoms with Gasteiger partial charge in [0.1, 0.15) is 0 Å². The standard InChI is InChI=1S/C14H10Cl2N2O2/c1-8(19)10-7-17-6-5-12(10)18-14(20)9-3-2-4-11(15)13(9)16/h2-7H,1H3,(H,17,18,20). The van der Waals surface area contributed by atoms with Gasteiger partial charge in [-0.1, -0.05) is 29.3 Å². The number of amides is 1. The van der Waals surface area contributed by atoms with Gasteiger partial charge in [-0.25, -0.2) is 0 Å². The Kier molecular flexibility index (Phi) is 4.37. The van der Waals surface area contributed by atoms with Crippen LogP contribution in [0.5, 0.6) is 0 Å². The van der Waals surface area contributed by atoms with E-state index in [1.54, 1.807) is 24.3 Å². The Hall–Kier alpha value is -1.91. The highest BCUT2D eigenvalue weighted by Crippen LogP contribution is 2.26. The molecule has 0 saturated carbocycles. The highest BCUT2D eigenvalue weighted by atomic mass is 35.5. The maximum absolute atomic E-state index is 12.2. The lowest BCUT2D eigenvalue weighted by Gasteiger charge is -2.10. The largest absolute Gasteiger partial charge is 0.321 e. The molecule has 4 nitrogen and oxygen atoms in total. The Morgan fingerprint density at radius 3 is 2.60 bits per heavy atom. The number of ketones is 1. The maximum Gasteiger partial charge on any atom is 0.257 e. The monoisotopic (exact) mass is 308 g/mol. The third-order valence-corrected chi connectivity index (χ3v) is 3.46. The zero-order valence-electron chi connectivity index (χ0n) is 10.5. The highest BCUT2D eigenvalue weighted by Gasteiger charge is 2.15. The second-order valence-electron chi connectivity index (χ2n) is 4.03. The number of nitrogens with zero attached hydrogens (tertiary/aromatic N) is 1. The fourth-order valence-corrected chi connectivity index (χ4v) is 2.04.